The minimum Gasteiger partial charge on any atom is -0.469 e. The van der Waals surface area contributed by atoms with Crippen LogP contribution in [-0.2, 0) is 16.0 Å². The molecule has 2 nitrogen and oxygen atoms in total. The molecular formula is C25H35FO2. The highest BCUT2D eigenvalue weighted by Crippen LogP contribution is 2.36. The smallest absolute Gasteiger partial charge is 0.305 e. The first kappa shape index (κ1) is 22.4. The number of allylic oxidation sites excluding steroid dienone is 4. The number of carbonyl (C=O) groups excluding carboxylic acids is 1. The van der Waals surface area contributed by atoms with Gasteiger partial charge in [-0.15, -0.1) is 0 Å². The number of halogens is 1. The molecule has 2 rings (SSSR count). The van der Waals surface area contributed by atoms with Gasteiger partial charge in [-0.1, -0.05) is 61.1 Å². The number of alkyl halides is 1. The van der Waals surface area contributed by atoms with Crippen LogP contribution in [0.3, 0.4) is 0 Å². The molecule has 1 aliphatic rings. The molecule has 0 bridgehead atoms. The molecule has 1 fully saturated rings. The van der Waals surface area contributed by atoms with Gasteiger partial charge in [0.05, 0.1) is 7.11 Å². The van der Waals surface area contributed by atoms with E-state index in [2.05, 4.69) is 35.1 Å². The molecule has 1 aromatic carbocycles. The molecule has 0 N–H and O–H groups in total. The standard InChI is InChI=1S/C25H35FO2/c1-25(26,19-17-21-11-6-5-7-12-21)20-18-23-15-10-14-22(23)13-8-3-4-9-16-24(27)28-2/h3,5-8,11-12,18,20,22-23H,4,9-10,13-17,19H2,1-2H3/b8-3-,20-18+/t22-,23?,25?/m0/s1. The summed E-state index contributed by atoms with van der Waals surface area (Å²) in [5.74, 6) is 0.945. The quantitative estimate of drug-likeness (QED) is 0.243. The van der Waals surface area contributed by atoms with E-state index >= 15 is 0 Å². The van der Waals surface area contributed by atoms with Crippen LogP contribution in [0.5, 0.6) is 0 Å². The molecule has 3 atom stereocenters. The molecule has 0 saturated heterocycles. The van der Waals surface area contributed by atoms with Gasteiger partial charge in [0.25, 0.3) is 0 Å². The van der Waals surface area contributed by atoms with E-state index in [-0.39, 0.29) is 5.97 Å². The van der Waals surface area contributed by atoms with Gasteiger partial charge in [-0.05, 0) is 69.3 Å². The van der Waals surface area contributed by atoms with Crippen LogP contribution in [0.15, 0.2) is 54.6 Å². The number of methoxy groups -OCH3 is 1. The SMILES string of the molecule is COC(=O)CCC/C=C\C[C@H]1CCCC1/C=C/C(C)(F)CCc1ccccc1. The zero-order valence-electron chi connectivity index (χ0n) is 17.4. The van der Waals surface area contributed by atoms with Crippen molar-refractivity contribution in [3.8, 4) is 0 Å². The van der Waals surface area contributed by atoms with Crippen molar-refractivity contribution in [1.29, 1.82) is 0 Å². The van der Waals surface area contributed by atoms with Gasteiger partial charge in [0.15, 0.2) is 0 Å². The van der Waals surface area contributed by atoms with Crippen molar-refractivity contribution in [3.63, 3.8) is 0 Å². The molecule has 0 spiro atoms. The molecule has 28 heavy (non-hydrogen) atoms. The van der Waals surface area contributed by atoms with Crippen LogP contribution in [0.4, 0.5) is 4.39 Å². The van der Waals surface area contributed by atoms with E-state index in [1.165, 1.54) is 25.5 Å². The normalized spacial score (nSPS) is 22.0. The summed E-state index contributed by atoms with van der Waals surface area (Å²) in [6.07, 6.45) is 16.5. The first-order valence-electron chi connectivity index (χ1n) is 10.6. The lowest BCUT2D eigenvalue weighted by atomic mass is 9.90. The van der Waals surface area contributed by atoms with Crippen molar-refractivity contribution in [2.45, 2.75) is 70.4 Å². The highest BCUT2D eigenvalue weighted by Gasteiger charge is 2.26. The Bertz CT molecular complexity index is 633. The number of carbonyl (C=O) groups is 1. The van der Waals surface area contributed by atoms with Crippen LogP contribution in [0.2, 0.25) is 0 Å². The van der Waals surface area contributed by atoms with Gasteiger partial charge in [-0.25, -0.2) is 4.39 Å². The van der Waals surface area contributed by atoms with Crippen LogP contribution in [0, 0.1) is 11.8 Å². The Morgan fingerprint density at radius 2 is 2.04 bits per heavy atom. The van der Waals surface area contributed by atoms with Crippen LogP contribution in [0.1, 0.15) is 63.9 Å². The maximum atomic E-state index is 14.9. The van der Waals surface area contributed by atoms with Crippen LogP contribution in [0.25, 0.3) is 0 Å². The Balaban J connectivity index is 1.74. The molecular weight excluding hydrogens is 351 g/mol. The molecule has 0 aliphatic heterocycles. The predicted octanol–water partition coefficient (Wildman–Crippen LogP) is 6.61. The molecule has 0 heterocycles. The second kappa shape index (κ2) is 11.8. The monoisotopic (exact) mass is 386 g/mol. The number of benzene rings is 1. The number of unbranched alkanes of at least 4 members (excludes halogenated alkanes) is 1. The average Bonchev–Trinajstić information content (AvgIpc) is 3.15. The molecule has 1 saturated carbocycles. The summed E-state index contributed by atoms with van der Waals surface area (Å²) in [5, 5.41) is 0. The fourth-order valence-electron chi connectivity index (χ4n) is 3.91. The van der Waals surface area contributed by atoms with Gasteiger partial charge in [-0.3, -0.25) is 4.79 Å². The van der Waals surface area contributed by atoms with Gasteiger partial charge >= 0.3 is 5.97 Å². The van der Waals surface area contributed by atoms with Gasteiger partial charge in [0, 0.05) is 6.42 Å². The lowest BCUT2D eigenvalue weighted by molar-refractivity contribution is -0.140. The van der Waals surface area contributed by atoms with E-state index in [0.29, 0.717) is 24.7 Å². The molecule has 2 unspecified atom stereocenters. The second-order valence-electron chi connectivity index (χ2n) is 8.15. The highest BCUT2D eigenvalue weighted by molar-refractivity contribution is 5.69. The van der Waals surface area contributed by atoms with Crippen LogP contribution < -0.4 is 0 Å². The maximum Gasteiger partial charge on any atom is 0.305 e. The van der Waals surface area contributed by atoms with Crippen LogP contribution in [-0.4, -0.2) is 18.7 Å². The average molecular weight is 387 g/mol. The fourth-order valence-corrected chi connectivity index (χ4v) is 3.91. The third-order valence-corrected chi connectivity index (χ3v) is 5.74. The summed E-state index contributed by atoms with van der Waals surface area (Å²) >= 11 is 0. The first-order valence-corrected chi connectivity index (χ1v) is 10.6. The summed E-state index contributed by atoms with van der Waals surface area (Å²) in [6, 6.07) is 10.1. The molecule has 1 aromatic rings. The lowest BCUT2D eigenvalue weighted by Gasteiger charge is -2.19. The fraction of sp³-hybridized carbons (Fsp3) is 0.560. The van der Waals surface area contributed by atoms with Gasteiger partial charge in [0.2, 0.25) is 0 Å². The van der Waals surface area contributed by atoms with Crippen molar-refractivity contribution in [2.24, 2.45) is 11.8 Å². The van der Waals surface area contributed by atoms with E-state index < -0.39 is 5.67 Å². The third-order valence-electron chi connectivity index (χ3n) is 5.74. The predicted molar refractivity (Wildman–Crippen MR) is 114 cm³/mol. The number of hydrogen-bond donors (Lipinski definition) is 0. The van der Waals surface area contributed by atoms with Crippen molar-refractivity contribution in [2.75, 3.05) is 7.11 Å². The lowest BCUT2D eigenvalue weighted by Crippen LogP contribution is -2.16. The number of rotatable bonds is 11. The van der Waals surface area contributed by atoms with Crippen molar-refractivity contribution in [3.05, 3.63) is 60.2 Å². The Hall–Kier alpha value is -1.90. The number of hydrogen-bond acceptors (Lipinski definition) is 2. The van der Waals surface area contributed by atoms with E-state index in [1.54, 1.807) is 13.0 Å². The molecule has 0 radical (unpaired) electrons. The minimum atomic E-state index is -1.26. The molecule has 3 heteroatoms. The molecule has 154 valence electrons. The van der Waals surface area contributed by atoms with E-state index in [4.69, 9.17) is 0 Å². The van der Waals surface area contributed by atoms with E-state index in [0.717, 1.165) is 32.1 Å². The van der Waals surface area contributed by atoms with Crippen molar-refractivity contribution >= 4 is 5.97 Å². The summed E-state index contributed by atoms with van der Waals surface area (Å²) in [4.78, 5) is 11.1. The summed E-state index contributed by atoms with van der Waals surface area (Å²) in [7, 11) is 1.43. The van der Waals surface area contributed by atoms with E-state index in [9.17, 15) is 9.18 Å². The largest absolute Gasteiger partial charge is 0.469 e. The zero-order chi connectivity index (χ0) is 20.2. The minimum absolute atomic E-state index is 0.143. The van der Waals surface area contributed by atoms with Crippen LogP contribution >= 0.6 is 0 Å². The van der Waals surface area contributed by atoms with Crippen molar-refractivity contribution in [1.82, 2.24) is 0 Å². The van der Waals surface area contributed by atoms with Crippen molar-refractivity contribution < 1.29 is 13.9 Å². The summed E-state index contributed by atoms with van der Waals surface area (Å²) in [6.45, 7) is 1.69. The molecule has 0 amide bonds. The molecule has 1 aliphatic carbocycles. The Labute approximate surface area is 169 Å². The first-order chi connectivity index (χ1) is 13.5. The number of aryl methyl sites for hydroxylation is 1. The topological polar surface area (TPSA) is 26.3 Å². The highest BCUT2D eigenvalue weighted by atomic mass is 19.1. The second-order valence-corrected chi connectivity index (χ2v) is 8.15. The van der Waals surface area contributed by atoms with E-state index in [1.807, 2.05) is 18.2 Å². The molecule has 0 aromatic heterocycles. The Morgan fingerprint density at radius 1 is 1.25 bits per heavy atom. The van der Waals surface area contributed by atoms with Gasteiger partial charge in [-0.2, -0.15) is 0 Å². The van der Waals surface area contributed by atoms with Gasteiger partial charge < -0.3 is 4.74 Å². The Morgan fingerprint density at radius 3 is 2.79 bits per heavy atom. The van der Waals surface area contributed by atoms with Gasteiger partial charge in [0.1, 0.15) is 5.67 Å². The number of ether oxygens (including phenoxy) is 1. The maximum absolute atomic E-state index is 14.9. The Kier molecular flexibility index (Phi) is 9.46. The summed E-state index contributed by atoms with van der Waals surface area (Å²) in [5.41, 5.74) is -0.0666. The number of esters is 1. The zero-order valence-corrected chi connectivity index (χ0v) is 17.4. The summed E-state index contributed by atoms with van der Waals surface area (Å²) < 4.78 is 19.6. The third kappa shape index (κ3) is 8.41.